The summed E-state index contributed by atoms with van der Waals surface area (Å²) in [7, 11) is 0. The number of benzene rings is 2. The third-order valence-corrected chi connectivity index (χ3v) is 3.05. The third kappa shape index (κ3) is 2.70. The molecule has 0 atom stereocenters. The van der Waals surface area contributed by atoms with Crippen LogP contribution < -0.4 is 0 Å². The molecule has 0 spiro atoms. The standard InChI is InChI=1S/C12H6N4O8/c17-13(18)8-6-9(14(19)20)12(16(23)24)10(11(8)15(21)22)7-4-2-1-3-5-7/h1-6H. The Balaban J connectivity index is 3.11. The van der Waals surface area contributed by atoms with Gasteiger partial charge in [-0.2, -0.15) is 0 Å². The molecule has 0 aliphatic carbocycles. The van der Waals surface area contributed by atoms with Crippen LogP contribution in [0.4, 0.5) is 22.7 Å². The van der Waals surface area contributed by atoms with Crippen molar-refractivity contribution in [3.8, 4) is 11.1 Å². The lowest BCUT2D eigenvalue weighted by molar-refractivity contribution is -0.433. The molecule has 0 radical (unpaired) electrons. The Labute approximate surface area is 131 Å². The Bertz CT molecular complexity index is 830. The number of nitro groups is 4. The monoisotopic (exact) mass is 334 g/mol. The minimum Gasteiger partial charge on any atom is -0.258 e. The molecular formula is C12H6N4O8. The topological polar surface area (TPSA) is 173 Å². The van der Waals surface area contributed by atoms with Crippen LogP contribution in [0.15, 0.2) is 36.4 Å². The molecule has 2 aromatic rings. The first-order valence-corrected chi connectivity index (χ1v) is 6.09. The Kier molecular flexibility index (Phi) is 4.13. The molecule has 0 aliphatic rings. The maximum atomic E-state index is 11.3. The first-order chi connectivity index (χ1) is 11.3. The summed E-state index contributed by atoms with van der Waals surface area (Å²) < 4.78 is 0. The summed E-state index contributed by atoms with van der Waals surface area (Å²) in [6.45, 7) is 0. The van der Waals surface area contributed by atoms with Crippen LogP contribution in [0.2, 0.25) is 0 Å². The average Bonchev–Trinajstić information content (AvgIpc) is 2.52. The van der Waals surface area contributed by atoms with Crippen LogP contribution in [0.5, 0.6) is 0 Å². The van der Waals surface area contributed by atoms with Crippen molar-refractivity contribution in [1.82, 2.24) is 0 Å². The molecule has 0 N–H and O–H groups in total. The molecule has 0 bridgehead atoms. The van der Waals surface area contributed by atoms with Gasteiger partial charge in [-0.1, -0.05) is 30.3 Å². The van der Waals surface area contributed by atoms with Crippen molar-refractivity contribution in [1.29, 1.82) is 0 Å². The molecule has 0 aliphatic heterocycles. The molecule has 2 aromatic carbocycles. The SMILES string of the molecule is O=[N+]([O-])c1cc([N+](=O)[O-])c([N+](=O)[O-])c(-c2ccccc2)c1[N+](=O)[O-]. The highest BCUT2D eigenvalue weighted by Gasteiger charge is 2.43. The van der Waals surface area contributed by atoms with E-state index in [-0.39, 0.29) is 11.6 Å². The van der Waals surface area contributed by atoms with Crippen LogP contribution in [0.25, 0.3) is 11.1 Å². The van der Waals surface area contributed by atoms with Gasteiger partial charge >= 0.3 is 22.7 Å². The first-order valence-electron chi connectivity index (χ1n) is 6.09. The number of hydrogen-bond donors (Lipinski definition) is 0. The number of nitrogens with zero attached hydrogens (tertiary/aromatic N) is 4. The van der Waals surface area contributed by atoms with Gasteiger partial charge in [-0.15, -0.1) is 0 Å². The zero-order valence-corrected chi connectivity index (χ0v) is 11.5. The molecule has 0 amide bonds. The highest BCUT2D eigenvalue weighted by Crippen LogP contribution is 2.48. The fourth-order valence-corrected chi connectivity index (χ4v) is 2.16. The van der Waals surface area contributed by atoms with Gasteiger partial charge in [-0.3, -0.25) is 40.5 Å². The van der Waals surface area contributed by atoms with E-state index in [9.17, 15) is 40.5 Å². The van der Waals surface area contributed by atoms with Gasteiger partial charge in [0.2, 0.25) is 0 Å². The predicted octanol–water partition coefficient (Wildman–Crippen LogP) is 2.99. The minimum atomic E-state index is -1.20. The van der Waals surface area contributed by atoms with E-state index < -0.39 is 48.0 Å². The van der Waals surface area contributed by atoms with Crippen LogP contribution in [0.1, 0.15) is 0 Å². The van der Waals surface area contributed by atoms with E-state index in [0.717, 1.165) is 0 Å². The summed E-state index contributed by atoms with van der Waals surface area (Å²) >= 11 is 0. The van der Waals surface area contributed by atoms with Crippen LogP contribution in [0, 0.1) is 40.5 Å². The maximum Gasteiger partial charge on any atom is 0.361 e. The summed E-state index contributed by atoms with van der Waals surface area (Å²) in [5.74, 6) is 0. The molecule has 0 aromatic heterocycles. The third-order valence-electron chi connectivity index (χ3n) is 3.05. The summed E-state index contributed by atoms with van der Waals surface area (Å²) in [6, 6.07) is 6.95. The Morgan fingerprint density at radius 3 is 1.38 bits per heavy atom. The normalized spacial score (nSPS) is 10.2. The molecule has 24 heavy (non-hydrogen) atoms. The highest BCUT2D eigenvalue weighted by atomic mass is 16.6. The smallest absolute Gasteiger partial charge is 0.258 e. The van der Waals surface area contributed by atoms with Crippen molar-refractivity contribution in [2.45, 2.75) is 0 Å². The van der Waals surface area contributed by atoms with Gasteiger partial charge in [-0.05, 0) is 5.56 Å². The van der Waals surface area contributed by atoms with E-state index in [4.69, 9.17) is 0 Å². The summed E-state index contributed by atoms with van der Waals surface area (Å²) in [5, 5.41) is 44.7. The Morgan fingerprint density at radius 2 is 1.04 bits per heavy atom. The van der Waals surface area contributed by atoms with Gasteiger partial charge in [0, 0.05) is 0 Å². The molecule has 0 saturated heterocycles. The van der Waals surface area contributed by atoms with Crippen molar-refractivity contribution < 1.29 is 19.7 Å². The Morgan fingerprint density at radius 1 is 0.625 bits per heavy atom. The largest absolute Gasteiger partial charge is 0.361 e. The summed E-state index contributed by atoms with van der Waals surface area (Å²) in [4.78, 5) is 40.0. The molecule has 12 nitrogen and oxygen atoms in total. The van der Waals surface area contributed by atoms with Crippen LogP contribution in [-0.2, 0) is 0 Å². The second-order valence-corrected chi connectivity index (χ2v) is 4.38. The van der Waals surface area contributed by atoms with Gasteiger partial charge < -0.3 is 0 Å². The summed E-state index contributed by atoms with van der Waals surface area (Å²) in [6.07, 6.45) is 0. The van der Waals surface area contributed by atoms with Crippen molar-refractivity contribution in [3.63, 3.8) is 0 Å². The van der Waals surface area contributed by atoms with E-state index in [1.54, 1.807) is 0 Å². The van der Waals surface area contributed by atoms with Crippen molar-refractivity contribution >= 4 is 22.7 Å². The lowest BCUT2D eigenvalue weighted by Crippen LogP contribution is -2.05. The fourth-order valence-electron chi connectivity index (χ4n) is 2.16. The average molecular weight is 334 g/mol. The maximum absolute atomic E-state index is 11.3. The van der Waals surface area contributed by atoms with Gasteiger partial charge in [0.15, 0.2) is 5.56 Å². The van der Waals surface area contributed by atoms with E-state index in [2.05, 4.69) is 0 Å². The first kappa shape index (κ1) is 16.4. The number of nitro benzene ring substituents is 4. The number of hydrogen-bond acceptors (Lipinski definition) is 8. The van der Waals surface area contributed by atoms with Crippen LogP contribution >= 0.6 is 0 Å². The van der Waals surface area contributed by atoms with Gasteiger partial charge in [0.25, 0.3) is 0 Å². The van der Waals surface area contributed by atoms with E-state index in [0.29, 0.717) is 0 Å². The Hall–Kier alpha value is -3.96. The van der Waals surface area contributed by atoms with Gasteiger partial charge in [0.05, 0.1) is 19.7 Å². The second kappa shape index (κ2) is 6.04. The molecule has 12 heteroatoms. The van der Waals surface area contributed by atoms with E-state index >= 15 is 0 Å². The zero-order chi connectivity index (χ0) is 18.0. The van der Waals surface area contributed by atoms with Crippen LogP contribution in [0.3, 0.4) is 0 Å². The lowest BCUT2D eigenvalue weighted by Gasteiger charge is -2.05. The highest BCUT2D eigenvalue weighted by molar-refractivity contribution is 5.91. The van der Waals surface area contributed by atoms with Crippen molar-refractivity contribution in [3.05, 3.63) is 76.9 Å². The van der Waals surface area contributed by atoms with E-state index in [1.165, 1.54) is 30.3 Å². The molecule has 0 fully saturated rings. The molecular weight excluding hydrogens is 328 g/mol. The second-order valence-electron chi connectivity index (χ2n) is 4.38. The molecule has 122 valence electrons. The van der Waals surface area contributed by atoms with Gasteiger partial charge in [-0.25, -0.2) is 0 Å². The van der Waals surface area contributed by atoms with Crippen LogP contribution in [-0.4, -0.2) is 19.7 Å². The summed E-state index contributed by atoms with van der Waals surface area (Å²) in [5.41, 5.74) is -5.66. The molecule has 0 heterocycles. The molecule has 0 saturated carbocycles. The molecule has 2 rings (SSSR count). The molecule has 0 unspecified atom stereocenters. The predicted molar refractivity (Wildman–Crippen MR) is 78.5 cm³/mol. The lowest BCUT2D eigenvalue weighted by atomic mass is 9.99. The van der Waals surface area contributed by atoms with Crippen molar-refractivity contribution in [2.24, 2.45) is 0 Å². The van der Waals surface area contributed by atoms with E-state index in [1.807, 2.05) is 0 Å². The number of rotatable bonds is 5. The fraction of sp³-hybridized carbons (Fsp3) is 0. The zero-order valence-electron chi connectivity index (χ0n) is 11.5. The van der Waals surface area contributed by atoms with Crippen molar-refractivity contribution in [2.75, 3.05) is 0 Å². The minimum absolute atomic E-state index is 0.122. The van der Waals surface area contributed by atoms with Gasteiger partial charge in [0.1, 0.15) is 6.07 Å². The quantitative estimate of drug-likeness (QED) is 0.592.